The third kappa shape index (κ3) is 5.07. The first kappa shape index (κ1) is 17.0. The van der Waals surface area contributed by atoms with Crippen molar-refractivity contribution in [2.24, 2.45) is 0 Å². The minimum atomic E-state index is -0.252. The van der Waals surface area contributed by atoms with Crippen LogP contribution >= 0.6 is 0 Å². The van der Waals surface area contributed by atoms with Crippen molar-refractivity contribution in [3.05, 3.63) is 29.3 Å². The van der Waals surface area contributed by atoms with E-state index < -0.39 is 0 Å². The fourth-order valence-corrected chi connectivity index (χ4v) is 1.96. The van der Waals surface area contributed by atoms with Crippen molar-refractivity contribution in [2.45, 2.75) is 13.3 Å². The van der Waals surface area contributed by atoms with Crippen molar-refractivity contribution in [3.8, 4) is 0 Å². The van der Waals surface area contributed by atoms with Gasteiger partial charge in [-0.1, -0.05) is 12.1 Å². The van der Waals surface area contributed by atoms with E-state index in [0.29, 0.717) is 24.4 Å². The highest BCUT2D eigenvalue weighted by atomic mass is 16.5. The third-order valence-electron chi connectivity index (χ3n) is 3.09. The topological polar surface area (TPSA) is 84.7 Å². The van der Waals surface area contributed by atoms with Gasteiger partial charge in [-0.2, -0.15) is 0 Å². The van der Waals surface area contributed by atoms with Crippen LogP contribution in [0.3, 0.4) is 0 Å². The number of benzene rings is 1. The van der Waals surface area contributed by atoms with Crippen LogP contribution in [0, 0.1) is 6.92 Å². The van der Waals surface area contributed by atoms with Crippen molar-refractivity contribution in [1.29, 1.82) is 0 Å². The van der Waals surface area contributed by atoms with E-state index in [2.05, 4.69) is 5.32 Å². The van der Waals surface area contributed by atoms with Gasteiger partial charge in [0.05, 0.1) is 12.1 Å². The Hall–Kier alpha value is -2.08. The number of carbonyl (C=O) groups is 2. The molecule has 0 aliphatic rings. The zero-order chi connectivity index (χ0) is 15.8. The first-order valence-corrected chi connectivity index (χ1v) is 6.83. The van der Waals surface area contributed by atoms with E-state index in [1.165, 1.54) is 4.90 Å². The maximum atomic E-state index is 12.3. The Bertz CT molecular complexity index is 483. The van der Waals surface area contributed by atoms with Crippen molar-refractivity contribution in [2.75, 3.05) is 39.6 Å². The van der Waals surface area contributed by atoms with Crippen LogP contribution in [0.4, 0.5) is 5.69 Å². The predicted molar refractivity (Wildman–Crippen MR) is 82.1 cm³/mol. The number of amides is 2. The van der Waals surface area contributed by atoms with Gasteiger partial charge in [-0.15, -0.1) is 0 Å². The van der Waals surface area contributed by atoms with Gasteiger partial charge < -0.3 is 20.7 Å². The predicted octanol–water partition coefficient (Wildman–Crippen LogP) is 0.802. The highest BCUT2D eigenvalue weighted by Crippen LogP contribution is 2.17. The van der Waals surface area contributed by atoms with E-state index in [1.54, 1.807) is 26.3 Å². The number of carbonyl (C=O) groups excluding carboxylic acids is 2. The van der Waals surface area contributed by atoms with Gasteiger partial charge in [0.25, 0.3) is 5.91 Å². The molecule has 0 atom stereocenters. The molecule has 0 aromatic heterocycles. The lowest BCUT2D eigenvalue weighted by Crippen LogP contribution is -2.39. The van der Waals surface area contributed by atoms with Gasteiger partial charge in [0, 0.05) is 33.0 Å². The summed E-state index contributed by atoms with van der Waals surface area (Å²) in [6, 6.07) is 5.30. The molecule has 0 bridgehead atoms. The van der Waals surface area contributed by atoms with Gasteiger partial charge in [0.1, 0.15) is 0 Å². The minimum absolute atomic E-state index is 0.000407. The molecule has 1 rings (SSSR count). The standard InChI is InChI=1S/C15H23N3O3/c1-11-6-4-7-12(16)14(11)15(20)18(2)10-13(19)17-8-5-9-21-3/h4,6-7H,5,8-10,16H2,1-3H3,(H,17,19). The number of rotatable bonds is 7. The van der Waals surface area contributed by atoms with Gasteiger partial charge in [0.2, 0.25) is 5.91 Å². The molecular formula is C15H23N3O3. The van der Waals surface area contributed by atoms with E-state index in [9.17, 15) is 9.59 Å². The van der Waals surface area contributed by atoms with Crippen LogP contribution in [0.1, 0.15) is 22.3 Å². The van der Waals surface area contributed by atoms with Gasteiger partial charge in [-0.25, -0.2) is 0 Å². The van der Waals surface area contributed by atoms with E-state index in [0.717, 1.165) is 12.0 Å². The number of methoxy groups -OCH3 is 1. The lowest BCUT2D eigenvalue weighted by Gasteiger charge is -2.19. The number of hydrogen-bond donors (Lipinski definition) is 2. The number of likely N-dealkylation sites (N-methyl/N-ethyl adjacent to an activating group) is 1. The summed E-state index contributed by atoms with van der Waals surface area (Å²) < 4.78 is 4.90. The van der Waals surface area contributed by atoms with Crippen molar-refractivity contribution >= 4 is 17.5 Å². The number of hydrogen-bond acceptors (Lipinski definition) is 4. The van der Waals surface area contributed by atoms with Crippen molar-refractivity contribution in [3.63, 3.8) is 0 Å². The Balaban J connectivity index is 2.57. The minimum Gasteiger partial charge on any atom is -0.398 e. The Labute approximate surface area is 125 Å². The largest absolute Gasteiger partial charge is 0.398 e. The first-order valence-electron chi connectivity index (χ1n) is 6.83. The molecule has 3 N–H and O–H groups in total. The molecule has 6 nitrogen and oxygen atoms in total. The highest BCUT2D eigenvalue weighted by Gasteiger charge is 2.18. The fraction of sp³-hybridized carbons (Fsp3) is 0.467. The number of anilines is 1. The summed E-state index contributed by atoms with van der Waals surface area (Å²) in [4.78, 5) is 25.5. The fourth-order valence-electron chi connectivity index (χ4n) is 1.96. The van der Waals surface area contributed by atoms with Gasteiger partial charge in [0.15, 0.2) is 0 Å². The highest BCUT2D eigenvalue weighted by molar-refractivity contribution is 6.01. The molecule has 0 aliphatic carbocycles. The Morgan fingerprint density at radius 1 is 1.38 bits per heavy atom. The summed E-state index contributed by atoms with van der Waals surface area (Å²) in [6.45, 7) is 2.94. The average Bonchev–Trinajstić information content (AvgIpc) is 2.43. The number of nitrogens with two attached hydrogens (primary N) is 1. The van der Waals surface area contributed by atoms with Gasteiger partial charge in [-0.05, 0) is 25.0 Å². The molecule has 21 heavy (non-hydrogen) atoms. The molecule has 0 unspecified atom stereocenters. The summed E-state index contributed by atoms with van der Waals surface area (Å²) in [6.07, 6.45) is 0.741. The third-order valence-corrected chi connectivity index (χ3v) is 3.09. The smallest absolute Gasteiger partial charge is 0.256 e. The summed E-state index contributed by atoms with van der Waals surface area (Å²) in [7, 11) is 3.20. The molecule has 1 aromatic carbocycles. The van der Waals surface area contributed by atoms with E-state index in [4.69, 9.17) is 10.5 Å². The lowest BCUT2D eigenvalue weighted by atomic mass is 10.1. The Morgan fingerprint density at radius 3 is 2.71 bits per heavy atom. The first-order chi connectivity index (χ1) is 9.97. The molecule has 116 valence electrons. The molecule has 2 amide bonds. The monoisotopic (exact) mass is 293 g/mol. The molecule has 0 radical (unpaired) electrons. The maximum absolute atomic E-state index is 12.3. The van der Waals surface area contributed by atoms with Crippen LogP contribution in [0.15, 0.2) is 18.2 Å². The second-order valence-corrected chi connectivity index (χ2v) is 4.90. The van der Waals surface area contributed by atoms with Crippen LogP contribution < -0.4 is 11.1 Å². The van der Waals surface area contributed by atoms with Crippen molar-refractivity contribution in [1.82, 2.24) is 10.2 Å². The Morgan fingerprint density at radius 2 is 2.10 bits per heavy atom. The lowest BCUT2D eigenvalue weighted by molar-refractivity contribution is -0.121. The number of nitrogens with zero attached hydrogens (tertiary/aromatic N) is 1. The van der Waals surface area contributed by atoms with Gasteiger partial charge >= 0.3 is 0 Å². The second-order valence-electron chi connectivity index (χ2n) is 4.90. The number of ether oxygens (including phenoxy) is 1. The SMILES string of the molecule is COCCCNC(=O)CN(C)C(=O)c1c(C)cccc1N. The number of aryl methyl sites for hydroxylation is 1. The summed E-state index contributed by atoms with van der Waals surface area (Å²) in [5, 5.41) is 2.74. The molecule has 0 spiro atoms. The summed E-state index contributed by atoms with van der Waals surface area (Å²) in [5.41, 5.74) is 7.52. The van der Waals surface area contributed by atoms with Crippen LogP contribution in [0.5, 0.6) is 0 Å². The molecule has 0 fully saturated rings. The van der Waals surface area contributed by atoms with E-state index in [-0.39, 0.29) is 18.4 Å². The summed E-state index contributed by atoms with van der Waals surface area (Å²) in [5.74, 6) is -0.452. The van der Waals surface area contributed by atoms with Gasteiger partial charge in [-0.3, -0.25) is 9.59 Å². The molecular weight excluding hydrogens is 270 g/mol. The molecule has 0 aliphatic heterocycles. The van der Waals surface area contributed by atoms with Crippen molar-refractivity contribution < 1.29 is 14.3 Å². The number of nitrogens with one attached hydrogen (secondary N) is 1. The molecule has 0 saturated carbocycles. The van der Waals surface area contributed by atoms with Crippen LogP contribution in [0.25, 0.3) is 0 Å². The zero-order valence-corrected chi connectivity index (χ0v) is 12.8. The van der Waals surface area contributed by atoms with Crippen LogP contribution in [-0.2, 0) is 9.53 Å². The number of nitrogen functional groups attached to an aromatic ring is 1. The van der Waals surface area contributed by atoms with E-state index in [1.807, 2.05) is 13.0 Å². The zero-order valence-electron chi connectivity index (χ0n) is 12.8. The molecule has 0 saturated heterocycles. The maximum Gasteiger partial charge on any atom is 0.256 e. The summed E-state index contributed by atoms with van der Waals surface area (Å²) >= 11 is 0. The Kier molecular flexibility index (Phi) is 6.68. The van der Waals surface area contributed by atoms with Crippen LogP contribution in [-0.4, -0.2) is 50.6 Å². The van der Waals surface area contributed by atoms with E-state index >= 15 is 0 Å². The quantitative estimate of drug-likeness (QED) is 0.575. The molecule has 6 heteroatoms. The average molecular weight is 293 g/mol. The van der Waals surface area contributed by atoms with Crippen LogP contribution in [0.2, 0.25) is 0 Å². The second kappa shape index (κ2) is 8.26. The molecule has 1 aromatic rings. The normalized spacial score (nSPS) is 10.2. The molecule has 0 heterocycles.